The van der Waals surface area contributed by atoms with E-state index in [9.17, 15) is 9.59 Å². The van der Waals surface area contributed by atoms with Crippen LogP contribution >= 0.6 is 16.9 Å². The highest BCUT2D eigenvalue weighted by Crippen LogP contribution is 2.55. The summed E-state index contributed by atoms with van der Waals surface area (Å²) >= 11 is 0. The number of aromatic nitrogens is 2. The molecule has 14 heteroatoms. The van der Waals surface area contributed by atoms with Gasteiger partial charge in [-0.1, -0.05) is 13.8 Å². The Morgan fingerprint density at radius 1 is 1.12 bits per heavy atom. The van der Waals surface area contributed by atoms with Crippen LogP contribution < -0.4 is 11.2 Å². The minimum absolute atomic E-state index is 0.0995. The van der Waals surface area contributed by atoms with E-state index in [2.05, 4.69) is 57.3 Å². The third kappa shape index (κ3) is 9.89. The van der Waals surface area contributed by atoms with Gasteiger partial charge >= 0.3 is 5.69 Å². The lowest BCUT2D eigenvalue weighted by atomic mass is 10.00. The molecular formula is C27H48N4O8P2. The van der Waals surface area contributed by atoms with E-state index in [-0.39, 0.29) is 30.3 Å². The zero-order valence-corrected chi connectivity index (χ0v) is 27.7. The van der Waals surface area contributed by atoms with Crippen molar-refractivity contribution >= 4 is 16.9 Å². The maximum atomic E-state index is 12.8. The lowest BCUT2D eigenvalue weighted by Crippen LogP contribution is -2.41. The molecule has 0 amide bonds. The first-order chi connectivity index (χ1) is 19.4. The van der Waals surface area contributed by atoms with Gasteiger partial charge in [-0.25, -0.2) is 9.46 Å². The minimum atomic E-state index is -1.62. The van der Waals surface area contributed by atoms with Crippen LogP contribution in [0.5, 0.6) is 0 Å². The molecule has 0 radical (unpaired) electrons. The Morgan fingerprint density at radius 3 is 2.27 bits per heavy atom. The Labute approximate surface area is 246 Å². The van der Waals surface area contributed by atoms with Crippen LogP contribution in [-0.2, 0) is 27.6 Å². The van der Waals surface area contributed by atoms with Crippen LogP contribution in [0.1, 0.15) is 80.9 Å². The van der Waals surface area contributed by atoms with Gasteiger partial charge in [0.15, 0.2) is 14.6 Å². The molecule has 0 spiro atoms. The van der Waals surface area contributed by atoms with Crippen molar-refractivity contribution in [3.05, 3.63) is 33.1 Å². The second kappa shape index (κ2) is 17.1. The standard InChI is InChI=1S/C27H48N4O8P2/c1-10-35-40(36-11-2)27(7,8)15-13-21-23(39-41(37-18-12-16-28)31(19(3)4)20(5)6)24(34-9)25(38-21)30-17-14-22(32)29-26(30)33/h14,17,19-21,23-25H,10-13,15,18H2,1-9H3,(H,29,32,33). The molecule has 5 atom stereocenters. The topological polar surface area (TPSA) is 137 Å². The summed E-state index contributed by atoms with van der Waals surface area (Å²) in [5.41, 5.74) is -1.09. The number of hydrogen-bond donors (Lipinski definition) is 1. The highest BCUT2D eigenvalue weighted by atomic mass is 31.2. The van der Waals surface area contributed by atoms with Crippen LogP contribution in [0.2, 0.25) is 0 Å². The molecule has 234 valence electrons. The molecule has 1 fully saturated rings. The smallest absolute Gasteiger partial charge is 0.330 e. The molecule has 0 bridgehead atoms. The summed E-state index contributed by atoms with van der Waals surface area (Å²) in [7, 11) is -1.22. The van der Waals surface area contributed by atoms with Crippen molar-refractivity contribution in [1.29, 1.82) is 5.26 Å². The van der Waals surface area contributed by atoms with Crippen molar-refractivity contribution < 1.29 is 27.6 Å². The van der Waals surface area contributed by atoms with E-state index >= 15 is 0 Å². The molecule has 0 aliphatic carbocycles. The molecule has 1 N–H and O–H groups in total. The Balaban J connectivity index is 2.47. The Hall–Kier alpha value is -1.25. The quantitative estimate of drug-likeness (QED) is 0.176. The van der Waals surface area contributed by atoms with Gasteiger partial charge in [-0.3, -0.25) is 14.3 Å². The molecule has 1 aliphatic heterocycles. The zero-order chi connectivity index (χ0) is 30.7. The monoisotopic (exact) mass is 618 g/mol. The number of nitriles is 1. The second-order valence-corrected chi connectivity index (χ2v) is 14.5. The molecule has 41 heavy (non-hydrogen) atoms. The average Bonchev–Trinajstić information content (AvgIpc) is 3.23. The molecule has 5 unspecified atom stereocenters. The molecule has 2 rings (SSSR count). The van der Waals surface area contributed by atoms with Gasteiger partial charge in [0, 0.05) is 36.6 Å². The summed E-state index contributed by atoms with van der Waals surface area (Å²) in [6, 6.07) is 3.60. The normalized spacial score (nSPS) is 22.2. The maximum absolute atomic E-state index is 12.8. The summed E-state index contributed by atoms with van der Waals surface area (Å²) in [5, 5.41) is 8.83. The number of ether oxygens (including phenoxy) is 2. The van der Waals surface area contributed by atoms with Crippen molar-refractivity contribution in [3.63, 3.8) is 0 Å². The van der Waals surface area contributed by atoms with Gasteiger partial charge in [0.05, 0.1) is 38.4 Å². The molecule has 1 aliphatic rings. The van der Waals surface area contributed by atoms with Gasteiger partial charge < -0.3 is 27.6 Å². The fourth-order valence-corrected chi connectivity index (χ4v) is 8.10. The van der Waals surface area contributed by atoms with Crippen molar-refractivity contribution in [2.75, 3.05) is 26.9 Å². The summed E-state index contributed by atoms with van der Waals surface area (Å²) in [4.78, 5) is 26.8. The summed E-state index contributed by atoms with van der Waals surface area (Å²) < 4.78 is 40.8. The molecule has 1 aromatic rings. The van der Waals surface area contributed by atoms with E-state index in [1.54, 1.807) is 7.11 Å². The van der Waals surface area contributed by atoms with Crippen LogP contribution in [0.3, 0.4) is 0 Å². The van der Waals surface area contributed by atoms with Crippen molar-refractivity contribution in [1.82, 2.24) is 14.2 Å². The number of methoxy groups -OCH3 is 1. The average molecular weight is 619 g/mol. The zero-order valence-electron chi connectivity index (χ0n) is 25.9. The van der Waals surface area contributed by atoms with Gasteiger partial charge in [-0.05, 0) is 54.4 Å². The molecule has 2 heterocycles. The van der Waals surface area contributed by atoms with Crippen LogP contribution in [0, 0.1) is 11.3 Å². The summed E-state index contributed by atoms with van der Waals surface area (Å²) in [5.74, 6) is 0. The molecule has 12 nitrogen and oxygen atoms in total. The highest BCUT2D eigenvalue weighted by Gasteiger charge is 2.50. The third-order valence-electron chi connectivity index (χ3n) is 6.58. The van der Waals surface area contributed by atoms with Crippen molar-refractivity contribution in [3.8, 4) is 6.07 Å². The number of H-pyrrole nitrogens is 1. The van der Waals surface area contributed by atoms with Crippen LogP contribution in [0.4, 0.5) is 0 Å². The van der Waals surface area contributed by atoms with Crippen molar-refractivity contribution in [2.45, 2.75) is 116 Å². The molecular weight excluding hydrogens is 570 g/mol. The van der Waals surface area contributed by atoms with Gasteiger partial charge in [-0.2, -0.15) is 5.26 Å². The van der Waals surface area contributed by atoms with Gasteiger partial charge in [0.25, 0.3) is 14.1 Å². The van der Waals surface area contributed by atoms with E-state index in [1.165, 1.54) is 16.8 Å². The molecule has 0 aromatic carbocycles. The predicted molar refractivity (Wildman–Crippen MR) is 160 cm³/mol. The van der Waals surface area contributed by atoms with Crippen molar-refractivity contribution in [2.24, 2.45) is 0 Å². The third-order valence-corrected chi connectivity index (χ3v) is 10.9. The summed E-state index contributed by atoms with van der Waals surface area (Å²) in [6.07, 6.45) is 0.279. The number of rotatable bonds is 18. The first-order valence-corrected chi connectivity index (χ1v) is 16.5. The highest BCUT2D eigenvalue weighted by molar-refractivity contribution is 7.49. The molecule has 1 saturated heterocycles. The fraction of sp³-hybridized carbons (Fsp3) is 0.815. The largest absolute Gasteiger partial charge is 0.374 e. The van der Waals surface area contributed by atoms with Crippen LogP contribution in [0.15, 0.2) is 21.9 Å². The van der Waals surface area contributed by atoms with E-state index in [1.807, 2.05) is 13.8 Å². The van der Waals surface area contributed by atoms with Crippen LogP contribution in [-0.4, -0.2) is 76.7 Å². The van der Waals surface area contributed by atoms with Gasteiger partial charge in [0.2, 0.25) is 0 Å². The Bertz CT molecular complexity index is 1060. The Kier molecular flexibility index (Phi) is 15.0. The van der Waals surface area contributed by atoms with Gasteiger partial charge in [0.1, 0.15) is 12.2 Å². The Morgan fingerprint density at radius 2 is 1.76 bits per heavy atom. The number of nitrogens with zero attached hydrogens (tertiary/aromatic N) is 3. The van der Waals surface area contributed by atoms with Crippen LogP contribution in [0.25, 0.3) is 0 Å². The van der Waals surface area contributed by atoms with Gasteiger partial charge in [-0.15, -0.1) is 0 Å². The van der Waals surface area contributed by atoms with E-state index < -0.39 is 52.7 Å². The summed E-state index contributed by atoms with van der Waals surface area (Å²) in [6.45, 7) is 17.7. The van der Waals surface area contributed by atoms with E-state index in [0.29, 0.717) is 26.1 Å². The van der Waals surface area contributed by atoms with E-state index in [4.69, 9.17) is 32.8 Å². The SMILES string of the molecule is CCOP(OCC)C(C)(C)CCC1OC(n2ccc(=O)[nH]c2=O)C(OC)C1OP(OCCC#N)N(C(C)C)C(C)C. The lowest BCUT2D eigenvalue weighted by Gasteiger charge is -2.38. The van der Waals surface area contributed by atoms with E-state index in [0.717, 1.165) is 0 Å². The predicted octanol–water partition coefficient (Wildman–Crippen LogP) is 5.05. The lowest BCUT2D eigenvalue weighted by molar-refractivity contribution is -0.0552. The molecule has 0 saturated carbocycles. The fourth-order valence-electron chi connectivity index (χ4n) is 4.78. The first kappa shape index (κ1) is 35.9. The number of nitrogens with one attached hydrogen (secondary N) is 1. The minimum Gasteiger partial charge on any atom is -0.374 e. The second-order valence-electron chi connectivity index (χ2n) is 10.8. The first-order valence-electron chi connectivity index (χ1n) is 14.2. The maximum Gasteiger partial charge on any atom is 0.330 e. The number of hydrogen-bond acceptors (Lipinski definition) is 10. The number of aromatic amines is 1. The molecule has 1 aromatic heterocycles.